The van der Waals surface area contributed by atoms with Crippen LogP contribution in [0.1, 0.15) is 105 Å². The molecule has 3 aliphatic heterocycles. The van der Waals surface area contributed by atoms with Gasteiger partial charge in [0.2, 0.25) is 0 Å². The largest absolute Gasteiger partial charge is 0.339 e. The predicted octanol–water partition coefficient (Wildman–Crippen LogP) is 13.9. The Morgan fingerprint density at radius 3 is 1.49 bits per heavy atom. The summed E-state index contributed by atoms with van der Waals surface area (Å²) >= 11 is 7.63. The minimum atomic E-state index is 0.0193. The number of benzene rings is 5. The number of hydrogen-bond acceptors (Lipinski definition) is 8. The maximum absolute atomic E-state index is 12.8. The van der Waals surface area contributed by atoms with Gasteiger partial charge in [-0.3, -0.25) is 4.90 Å². The second-order valence-corrected chi connectivity index (χ2v) is 29.4. The van der Waals surface area contributed by atoms with Gasteiger partial charge in [-0.2, -0.15) is 0 Å². The van der Waals surface area contributed by atoms with Gasteiger partial charge in [-0.1, -0.05) is 103 Å². The molecule has 0 spiro atoms. The van der Waals surface area contributed by atoms with Crippen LogP contribution < -0.4 is 16.0 Å². The SMILES string of the molecule is CCN(CC)C(=O)N[C@H]1C=C2c3cccc4c3c(c(Br)n4C)C[C@H]2N(C)C1.CCN(CC)C(=O)N[C@H]1C[C@@H]2c3cccc4c3c(c(SCc3ccccc3)n4C)C[C@H]2N(C)C1.CCN(CC)C(=O)N[C@H]1C[C@@H]2c3cccc4c3c(c(Sc3ccccc3)n4C)C[C@H]2N(C)C1. The summed E-state index contributed by atoms with van der Waals surface area (Å²) in [5.74, 6) is 1.85. The van der Waals surface area contributed by atoms with Gasteiger partial charge < -0.3 is 54.2 Å². The quantitative estimate of drug-likeness (QED) is 0.0921. The maximum Gasteiger partial charge on any atom is 0.317 e. The highest BCUT2D eigenvalue weighted by Gasteiger charge is 2.44. The number of piperidine rings is 2. The van der Waals surface area contributed by atoms with E-state index in [1.54, 1.807) is 0 Å². The Hall–Kier alpha value is -6.67. The van der Waals surface area contributed by atoms with Crippen molar-refractivity contribution in [1.29, 1.82) is 0 Å². The number of rotatable bonds is 14. The first-order valence-electron chi connectivity index (χ1n) is 34.3. The van der Waals surface area contributed by atoms with Gasteiger partial charge in [-0.15, -0.1) is 11.8 Å². The molecular weight excluding hydrogens is 1270 g/mol. The van der Waals surface area contributed by atoms with Gasteiger partial charge in [0, 0.05) is 165 Å². The van der Waals surface area contributed by atoms with Gasteiger partial charge >= 0.3 is 18.1 Å². The Balaban J connectivity index is 0.000000136. The molecule has 6 heterocycles. The van der Waals surface area contributed by atoms with Crippen LogP contribution in [0.2, 0.25) is 0 Å². The lowest BCUT2D eigenvalue weighted by molar-refractivity contribution is 0.123. The van der Waals surface area contributed by atoms with Crippen LogP contribution in [0.5, 0.6) is 0 Å². The number of aromatic nitrogens is 3. The molecule has 0 saturated carbocycles. The van der Waals surface area contributed by atoms with Crippen molar-refractivity contribution in [3.63, 3.8) is 0 Å². The number of carbonyl (C=O) groups is 3. The van der Waals surface area contributed by atoms with Gasteiger partial charge in [0.1, 0.15) is 0 Å². The third kappa shape index (κ3) is 13.0. The molecule has 3 N–H and O–H groups in total. The number of fused-ring (bicyclic) bond motifs is 6. The first kappa shape index (κ1) is 67.3. The first-order valence-corrected chi connectivity index (χ1v) is 36.9. The fourth-order valence-corrected chi connectivity index (χ4v) is 19.3. The zero-order chi connectivity index (χ0) is 66.2. The third-order valence-electron chi connectivity index (χ3n) is 21.4. The molecule has 6 amide bonds. The molecule has 498 valence electrons. The van der Waals surface area contributed by atoms with E-state index in [0.717, 1.165) is 96.8 Å². The van der Waals surface area contributed by atoms with Crippen LogP contribution in [0.4, 0.5) is 14.4 Å². The van der Waals surface area contributed by atoms with Crippen molar-refractivity contribution >= 4 is 95.8 Å². The highest BCUT2D eigenvalue weighted by atomic mass is 79.9. The number of carbonyl (C=O) groups excluding carboxylic acids is 3. The van der Waals surface area contributed by atoms with Crippen LogP contribution in [0.25, 0.3) is 38.3 Å². The molecule has 6 aliphatic rings. The Labute approximate surface area is 574 Å². The Bertz CT molecular complexity index is 4080. The lowest BCUT2D eigenvalue weighted by Crippen LogP contribution is -2.56. The molecule has 2 saturated heterocycles. The van der Waals surface area contributed by atoms with Crippen LogP contribution >= 0.6 is 39.5 Å². The summed E-state index contributed by atoms with van der Waals surface area (Å²) in [6, 6.07) is 43.4. The highest BCUT2D eigenvalue weighted by Crippen LogP contribution is 2.50. The smallest absolute Gasteiger partial charge is 0.317 e. The van der Waals surface area contributed by atoms with Crippen molar-refractivity contribution in [2.45, 2.75) is 142 Å². The summed E-state index contributed by atoms with van der Waals surface area (Å²) in [6.07, 6.45) is 7.40. The Morgan fingerprint density at radius 2 is 0.968 bits per heavy atom. The number of amides is 6. The van der Waals surface area contributed by atoms with Crippen LogP contribution in [-0.2, 0) is 46.2 Å². The van der Waals surface area contributed by atoms with Crippen molar-refractivity contribution in [2.75, 3.05) is 80.0 Å². The summed E-state index contributed by atoms with van der Waals surface area (Å²) in [5, 5.41) is 16.9. The number of hydrogen-bond donors (Lipinski definition) is 3. The average molecular weight is 1370 g/mol. The van der Waals surface area contributed by atoms with E-state index in [1.165, 1.54) is 96.8 Å². The Morgan fingerprint density at radius 1 is 0.500 bits per heavy atom. The molecule has 0 unspecified atom stereocenters. The number of nitrogens with zero attached hydrogens (tertiary/aromatic N) is 9. The fraction of sp³-hybridized carbons (Fsp3) is 0.461. The molecule has 3 aromatic heterocycles. The lowest BCUT2D eigenvalue weighted by Gasteiger charge is -2.46. The molecule has 2 fully saturated rings. The number of aryl methyl sites for hydroxylation is 3. The van der Waals surface area contributed by atoms with E-state index in [4.69, 9.17) is 0 Å². The number of nitrogens with one attached hydrogen (secondary N) is 3. The molecule has 5 aromatic carbocycles. The normalized spacial score (nSPS) is 22.0. The summed E-state index contributed by atoms with van der Waals surface area (Å²) in [4.78, 5) is 52.2. The molecule has 94 heavy (non-hydrogen) atoms. The van der Waals surface area contributed by atoms with Crippen molar-refractivity contribution in [3.05, 3.63) is 165 Å². The average Bonchev–Trinajstić information content (AvgIpc) is 1.55. The second kappa shape index (κ2) is 29.0. The van der Waals surface area contributed by atoms with Crippen LogP contribution in [0.15, 0.2) is 141 Å². The summed E-state index contributed by atoms with van der Waals surface area (Å²) < 4.78 is 8.18. The summed E-state index contributed by atoms with van der Waals surface area (Å²) in [5.41, 5.74) is 15.2. The second-order valence-electron chi connectivity index (χ2n) is 26.6. The number of likely N-dealkylation sites (N-methyl/N-ethyl adjacent to an activating group) is 3. The fourth-order valence-electron chi connectivity index (χ4n) is 16.5. The molecule has 18 heteroatoms. The topological polar surface area (TPSA) is 122 Å². The number of likely N-dealkylation sites (tertiary alicyclic amines) is 2. The maximum atomic E-state index is 12.8. The summed E-state index contributed by atoms with van der Waals surface area (Å²) in [7, 11) is 13.2. The van der Waals surface area contributed by atoms with E-state index in [1.807, 2.05) is 79.8 Å². The van der Waals surface area contributed by atoms with Crippen LogP contribution in [0.3, 0.4) is 0 Å². The van der Waals surface area contributed by atoms with Crippen LogP contribution in [0, 0.1) is 0 Å². The van der Waals surface area contributed by atoms with Gasteiger partial charge in [0.25, 0.3) is 0 Å². The first-order chi connectivity index (χ1) is 45.5. The predicted molar refractivity (Wildman–Crippen MR) is 392 cm³/mol. The van der Waals surface area contributed by atoms with E-state index in [2.05, 4.69) is 224 Å². The summed E-state index contributed by atoms with van der Waals surface area (Å²) in [6.45, 7) is 19.2. The number of halogens is 1. The minimum absolute atomic E-state index is 0.0193. The molecular formula is C76H97BrN12O3S2. The third-order valence-corrected chi connectivity index (χ3v) is 24.9. The zero-order valence-electron chi connectivity index (χ0n) is 57.2. The van der Waals surface area contributed by atoms with E-state index in [-0.39, 0.29) is 36.2 Å². The van der Waals surface area contributed by atoms with E-state index in [9.17, 15) is 14.4 Å². The van der Waals surface area contributed by atoms with E-state index < -0.39 is 0 Å². The molecule has 8 aromatic rings. The molecule has 0 bridgehead atoms. The standard InChI is InChI=1S/C28H36N4OS.C27H34N4OS.C21H27BrN4O/c1-5-32(6-2)28(33)29-20-15-22-21-13-10-14-24-26(21)23(16-25(22)30(3)17-20)27(31(24)4)34-18-19-11-8-7-9-12-19;1-5-31(6-2)27(32)28-18-15-21-20-13-10-14-23-25(20)22(16-24(21)29(3)17-18)26(30(23)4)33-19-11-8-7-9-12-19;1-5-26(6-2)21(27)23-13-10-15-14-8-7-9-17-19(14)16(20(22)25(17)4)11-18(15)24(3)12-13/h7-14,20,22,25H,5-6,15-18H2,1-4H3,(H,29,33);7-14,18,21,24H,5-6,15-17H2,1-4H3,(H,28,32);7-10,13,18H,5-6,11-12H2,1-4H3,(H,23,27)/t20-,22+,25+;18-,21+,24+;13-,18+/m000/s1. The van der Waals surface area contributed by atoms with Crippen molar-refractivity contribution in [3.8, 4) is 0 Å². The van der Waals surface area contributed by atoms with Crippen LogP contribution in [-0.4, -0.2) is 177 Å². The van der Waals surface area contributed by atoms with Gasteiger partial charge in [-0.25, -0.2) is 14.4 Å². The van der Waals surface area contributed by atoms with Crippen molar-refractivity contribution < 1.29 is 14.4 Å². The van der Waals surface area contributed by atoms with Gasteiger partial charge in [0.15, 0.2) is 0 Å². The van der Waals surface area contributed by atoms with E-state index >= 15 is 0 Å². The Kier molecular flexibility index (Phi) is 20.7. The number of thioether (sulfide) groups is 1. The molecule has 3 aliphatic carbocycles. The zero-order valence-corrected chi connectivity index (χ0v) is 60.4. The van der Waals surface area contributed by atoms with Crippen molar-refractivity contribution in [2.24, 2.45) is 21.1 Å². The highest BCUT2D eigenvalue weighted by molar-refractivity contribution is 9.10. The van der Waals surface area contributed by atoms with Crippen molar-refractivity contribution in [1.82, 2.24) is 59.1 Å². The lowest BCUT2D eigenvalue weighted by atomic mass is 9.74. The van der Waals surface area contributed by atoms with Gasteiger partial charge in [-0.05, 0) is 186 Å². The molecule has 15 nitrogen and oxygen atoms in total. The number of urea groups is 3. The minimum Gasteiger partial charge on any atom is -0.339 e. The molecule has 14 rings (SSSR count). The monoisotopic (exact) mass is 1370 g/mol. The molecule has 0 radical (unpaired) electrons. The van der Waals surface area contributed by atoms with Gasteiger partial charge in [0.05, 0.1) is 20.7 Å². The van der Waals surface area contributed by atoms with E-state index in [0.29, 0.717) is 30.0 Å². The molecule has 8 atom stereocenters.